The van der Waals surface area contributed by atoms with Crippen molar-refractivity contribution in [1.29, 1.82) is 0 Å². The number of rotatable bonds is 4. The van der Waals surface area contributed by atoms with Gasteiger partial charge in [0.15, 0.2) is 0 Å². The molecule has 1 aromatic carbocycles. The largest absolute Gasteiger partial charge is 0.319 e. The molecular formula is C12H17ClFN. The van der Waals surface area contributed by atoms with E-state index in [1.165, 1.54) is 0 Å². The molecule has 0 amide bonds. The average molecular weight is 230 g/mol. The number of benzene rings is 1. The summed E-state index contributed by atoms with van der Waals surface area (Å²) in [7, 11) is 1.90. The van der Waals surface area contributed by atoms with Crippen LogP contribution in [0.1, 0.15) is 19.4 Å². The van der Waals surface area contributed by atoms with Crippen LogP contribution < -0.4 is 5.32 Å². The molecule has 0 aliphatic heterocycles. The molecule has 0 aliphatic carbocycles. The van der Waals surface area contributed by atoms with Gasteiger partial charge in [-0.1, -0.05) is 37.6 Å². The highest BCUT2D eigenvalue weighted by atomic mass is 35.5. The molecule has 0 unspecified atom stereocenters. The lowest BCUT2D eigenvalue weighted by Gasteiger charge is -2.24. The lowest BCUT2D eigenvalue weighted by molar-refractivity contribution is 0.344. The van der Waals surface area contributed by atoms with Crippen molar-refractivity contribution >= 4 is 11.6 Å². The van der Waals surface area contributed by atoms with Crippen LogP contribution in [-0.2, 0) is 6.42 Å². The van der Waals surface area contributed by atoms with E-state index in [-0.39, 0.29) is 16.3 Å². The van der Waals surface area contributed by atoms with Crippen LogP contribution in [0, 0.1) is 11.2 Å². The number of hydrogen-bond donors (Lipinski definition) is 1. The van der Waals surface area contributed by atoms with Crippen molar-refractivity contribution in [3.63, 3.8) is 0 Å². The monoisotopic (exact) mass is 229 g/mol. The van der Waals surface area contributed by atoms with E-state index in [1.54, 1.807) is 18.2 Å². The fraction of sp³-hybridized carbons (Fsp3) is 0.500. The Hall–Kier alpha value is -0.600. The Morgan fingerprint density at radius 2 is 2.07 bits per heavy atom. The summed E-state index contributed by atoms with van der Waals surface area (Å²) in [6.07, 6.45) is 0.681. The van der Waals surface area contributed by atoms with Gasteiger partial charge >= 0.3 is 0 Å². The van der Waals surface area contributed by atoms with E-state index in [4.69, 9.17) is 11.6 Å². The highest BCUT2D eigenvalue weighted by Crippen LogP contribution is 2.25. The molecule has 15 heavy (non-hydrogen) atoms. The molecule has 1 aromatic rings. The van der Waals surface area contributed by atoms with Crippen LogP contribution in [0.3, 0.4) is 0 Å². The first kappa shape index (κ1) is 12.5. The zero-order valence-electron chi connectivity index (χ0n) is 9.40. The van der Waals surface area contributed by atoms with Gasteiger partial charge in [0.05, 0.1) is 5.02 Å². The highest BCUT2D eigenvalue weighted by molar-refractivity contribution is 6.30. The SMILES string of the molecule is CNCC(C)(C)Cc1cccc(Cl)c1F. The quantitative estimate of drug-likeness (QED) is 0.836. The molecule has 84 valence electrons. The molecule has 0 fully saturated rings. The summed E-state index contributed by atoms with van der Waals surface area (Å²) in [5, 5.41) is 3.31. The zero-order chi connectivity index (χ0) is 11.5. The predicted octanol–water partition coefficient (Wildman–Crippen LogP) is 3.27. The van der Waals surface area contributed by atoms with Gasteiger partial charge in [-0.15, -0.1) is 0 Å². The first-order valence-corrected chi connectivity index (χ1v) is 5.41. The Morgan fingerprint density at radius 3 is 2.67 bits per heavy atom. The van der Waals surface area contributed by atoms with E-state index >= 15 is 0 Å². The average Bonchev–Trinajstić information content (AvgIpc) is 2.12. The van der Waals surface area contributed by atoms with Crippen molar-refractivity contribution in [3.8, 4) is 0 Å². The zero-order valence-corrected chi connectivity index (χ0v) is 10.2. The summed E-state index contributed by atoms with van der Waals surface area (Å²) in [5.41, 5.74) is 0.711. The molecule has 0 spiro atoms. The summed E-state index contributed by atoms with van der Waals surface area (Å²) >= 11 is 5.73. The Morgan fingerprint density at radius 1 is 1.40 bits per heavy atom. The first-order valence-electron chi connectivity index (χ1n) is 5.04. The van der Waals surface area contributed by atoms with Gasteiger partial charge in [0, 0.05) is 6.54 Å². The van der Waals surface area contributed by atoms with Gasteiger partial charge in [-0.3, -0.25) is 0 Å². The number of nitrogens with one attached hydrogen (secondary N) is 1. The Kier molecular flexibility index (Phi) is 4.12. The lowest BCUT2D eigenvalue weighted by atomic mass is 9.85. The second-order valence-corrected chi connectivity index (χ2v) is 4.99. The molecule has 0 saturated carbocycles. The third kappa shape index (κ3) is 3.47. The molecule has 1 N–H and O–H groups in total. The van der Waals surface area contributed by atoms with Gasteiger partial charge in [0.1, 0.15) is 5.82 Å². The third-order valence-electron chi connectivity index (χ3n) is 2.36. The lowest BCUT2D eigenvalue weighted by Crippen LogP contribution is -2.29. The Bertz CT molecular complexity index is 336. The molecule has 0 radical (unpaired) electrons. The minimum absolute atomic E-state index is 0.0280. The third-order valence-corrected chi connectivity index (χ3v) is 2.65. The van der Waals surface area contributed by atoms with E-state index in [1.807, 2.05) is 7.05 Å². The van der Waals surface area contributed by atoms with Crippen LogP contribution >= 0.6 is 11.6 Å². The molecular weight excluding hydrogens is 213 g/mol. The maximum absolute atomic E-state index is 13.6. The molecule has 0 bridgehead atoms. The number of hydrogen-bond acceptors (Lipinski definition) is 1. The van der Waals surface area contributed by atoms with Crippen LogP contribution in [-0.4, -0.2) is 13.6 Å². The van der Waals surface area contributed by atoms with Crippen LogP contribution in [0.5, 0.6) is 0 Å². The van der Waals surface area contributed by atoms with Crippen LogP contribution in [0.4, 0.5) is 4.39 Å². The van der Waals surface area contributed by atoms with Crippen molar-refractivity contribution in [3.05, 3.63) is 34.6 Å². The maximum atomic E-state index is 13.6. The van der Waals surface area contributed by atoms with Crippen molar-refractivity contribution in [2.24, 2.45) is 5.41 Å². The summed E-state index contributed by atoms with van der Waals surface area (Å²) in [6, 6.07) is 5.15. The molecule has 0 aliphatic rings. The summed E-state index contributed by atoms with van der Waals surface area (Å²) in [5.74, 6) is -0.289. The minimum Gasteiger partial charge on any atom is -0.319 e. The van der Waals surface area contributed by atoms with Gasteiger partial charge in [-0.25, -0.2) is 4.39 Å². The van der Waals surface area contributed by atoms with Crippen LogP contribution in [0.15, 0.2) is 18.2 Å². The van der Waals surface area contributed by atoms with E-state index in [2.05, 4.69) is 19.2 Å². The fourth-order valence-corrected chi connectivity index (χ4v) is 1.94. The molecule has 0 heterocycles. The van der Waals surface area contributed by atoms with Crippen molar-refractivity contribution in [2.45, 2.75) is 20.3 Å². The minimum atomic E-state index is -0.289. The van der Waals surface area contributed by atoms with Crippen molar-refractivity contribution < 1.29 is 4.39 Å². The maximum Gasteiger partial charge on any atom is 0.144 e. The van der Waals surface area contributed by atoms with Crippen LogP contribution in [0.25, 0.3) is 0 Å². The van der Waals surface area contributed by atoms with Gasteiger partial charge in [0.2, 0.25) is 0 Å². The number of halogens is 2. The van der Waals surface area contributed by atoms with Gasteiger partial charge in [0.25, 0.3) is 0 Å². The van der Waals surface area contributed by atoms with E-state index < -0.39 is 0 Å². The Labute approximate surface area is 95.6 Å². The van der Waals surface area contributed by atoms with E-state index in [0.29, 0.717) is 12.0 Å². The summed E-state index contributed by atoms with van der Waals surface area (Å²) in [4.78, 5) is 0. The summed E-state index contributed by atoms with van der Waals surface area (Å²) < 4.78 is 13.6. The molecule has 0 atom stereocenters. The topological polar surface area (TPSA) is 12.0 Å². The molecule has 0 saturated heterocycles. The fourth-order valence-electron chi connectivity index (χ4n) is 1.74. The first-order chi connectivity index (χ1) is 6.96. The molecule has 1 rings (SSSR count). The smallest absolute Gasteiger partial charge is 0.144 e. The molecule has 1 nitrogen and oxygen atoms in total. The summed E-state index contributed by atoms with van der Waals surface area (Å²) in [6.45, 7) is 5.05. The van der Waals surface area contributed by atoms with Gasteiger partial charge < -0.3 is 5.32 Å². The molecule has 3 heteroatoms. The molecule has 0 aromatic heterocycles. The predicted molar refractivity (Wildman–Crippen MR) is 62.8 cm³/mol. The van der Waals surface area contributed by atoms with Crippen molar-refractivity contribution in [1.82, 2.24) is 5.32 Å². The van der Waals surface area contributed by atoms with Gasteiger partial charge in [-0.05, 0) is 30.5 Å². The van der Waals surface area contributed by atoms with Gasteiger partial charge in [-0.2, -0.15) is 0 Å². The van der Waals surface area contributed by atoms with E-state index in [0.717, 1.165) is 6.54 Å². The van der Waals surface area contributed by atoms with Crippen molar-refractivity contribution in [2.75, 3.05) is 13.6 Å². The second kappa shape index (κ2) is 4.95. The van der Waals surface area contributed by atoms with Crippen LogP contribution in [0.2, 0.25) is 5.02 Å². The highest BCUT2D eigenvalue weighted by Gasteiger charge is 2.20. The normalized spacial score (nSPS) is 11.8. The standard InChI is InChI=1S/C12H17ClFN/c1-12(2,8-15-3)7-9-5-4-6-10(13)11(9)14/h4-6,15H,7-8H2,1-3H3. The second-order valence-electron chi connectivity index (χ2n) is 4.58. The van der Waals surface area contributed by atoms with E-state index in [9.17, 15) is 4.39 Å². The Balaban J connectivity index is 2.85.